The minimum Gasteiger partial charge on any atom is -0.345 e. The van der Waals surface area contributed by atoms with E-state index in [1.807, 2.05) is 30.3 Å². The maximum atomic E-state index is 12.3. The zero-order valence-corrected chi connectivity index (χ0v) is 15.1. The topological polar surface area (TPSA) is 76.0 Å². The summed E-state index contributed by atoms with van der Waals surface area (Å²) in [6.07, 6.45) is 9.79. The van der Waals surface area contributed by atoms with Crippen molar-refractivity contribution in [2.75, 3.05) is 5.32 Å². The monoisotopic (exact) mass is 354 g/mol. The molecule has 26 heavy (non-hydrogen) atoms. The molecule has 6 heteroatoms. The summed E-state index contributed by atoms with van der Waals surface area (Å²) in [5.41, 5.74) is 1.52. The number of nitrogens with zero attached hydrogens (tertiary/aromatic N) is 2. The Hall–Kier alpha value is -2.63. The fraction of sp³-hybridized carbons (Fsp3) is 0.450. The first-order chi connectivity index (χ1) is 12.6. The first kappa shape index (κ1) is 18.2. The highest BCUT2D eigenvalue weighted by molar-refractivity contribution is 5.96. The van der Waals surface area contributed by atoms with Gasteiger partial charge in [-0.05, 0) is 37.8 Å². The molecule has 2 aromatic rings. The average Bonchev–Trinajstić information content (AvgIpc) is 3.11. The van der Waals surface area contributed by atoms with E-state index in [-0.39, 0.29) is 11.8 Å². The van der Waals surface area contributed by atoms with Crippen molar-refractivity contribution < 1.29 is 9.59 Å². The van der Waals surface area contributed by atoms with Crippen molar-refractivity contribution in [3.05, 3.63) is 42.7 Å². The Morgan fingerprint density at radius 1 is 1.19 bits per heavy atom. The van der Waals surface area contributed by atoms with Crippen LogP contribution in [0.1, 0.15) is 45.4 Å². The molecule has 1 aromatic carbocycles. The lowest BCUT2D eigenvalue weighted by Gasteiger charge is -2.22. The number of anilines is 1. The summed E-state index contributed by atoms with van der Waals surface area (Å²) in [6.45, 7) is 1.70. The molecule has 1 unspecified atom stereocenters. The third-order valence-corrected chi connectivity index (χ3v) is 4.84. The highest BCUT2D eigenvalue weighted by Gasteiger charge is 2.20. The predicted octanol–water partition coefficient (Wildman–Crippen LogP) is 3.29. The number of carbonyl (C=O) groups excluding carboxylic acids is 2. The molecule has 0 aliphatic heterocycles. The molecule has 1 aliphatic carbocycles. The molecule has 0 bridgehead atoms. The normalized spacial score (nSPS) is 16.0. The number of hydrogen-bond donors (Lipinski definition) is 2. The third-order valence-electron chi connectivity index (χ3n) is 4.84. The smallest absolute Gasteiger partial charge is 0.246 e. The van der Waals surface area contributed by atoms with E-state index in [0.717, 1.165) is 18.5 Å². The number of aromatic nitrogens is 2. The van der Waals surface area contributed by atoms with Gasteiger partial charge >= 0.3 is 0 Å². The van der Waals surface area contributed by atoms with Crippen molar-refractivity contribution in [2.45, 2.75) is 51.5 Å². The van der Waals surface area contributed by atoms with E-state index in [0.29, 0.717) is 18.0 Å². The molecule has 2 amide bonds. The molecule has 0 saturated heterocycles. The standard InChI is InChI=1S/C20H26N4O2/c1-15(22-19(25)12-16-8-4-2-5-9-16)20(26)23-17-13-21-24(14-17)18-10-6-3-7-11-18/h3,6-7,10-11,13-16H,2,4-5,8-9,12H2,1H3,(H,22,25)(H,23,26). The average molecular weight is 354 g/mol. The second-order valence-electron chi connectivity index (χ2n) is 7.00. The van der Waals surface area contributed by atoms with E-state index in [4.69, 9.17) is 0 Å². The number of benzene rings is 1. The van der Waals surface area contributed by atoms with E-state index in [9.17, 15) is 9.59 Å². The Labute approximate surface area is 154 Å². The first-order valence-electron chi connectivity index (χ1n) is 9.32. The maximum Gasteiger partial charge on any atom is 0.246 e. The van der Waals surface area contributed by atoms with Crippen LogP contribution in [0.2, 0.25) is 0 Å². The van der Waals surface area contributed by atoms with Gasteiger partial charge in [0.05, 0.1) is 23.8 Å². The van der Waals surface area contributed by atoms with Gasteiger partial charge in [0.15, 0.2) is 0 Å². The van der Waals surface area contributed by atoms with Crippen LogP contribution < -0.4 is 10.6 Å². The molecule has 0 radical (unpaired) electrons. The van der Waals surface area contributed by atoms with Crippen LogP contribution in [0.4, 0.5) is 5.69 Å². The van der Waals surface area contributed by atoms with Crippen molar-refractivity contribution in [1.29, 1.82) is 0 Å². The largest absolute Gasteiger partial charge is 0.345 e. The Bertz CT molecular complexity index is 735. The van der Waals surface area contributed by atoms with Crippen LogP contribution in [0.5, 0.6) is 0 Å². The molecule has 1 heterocycles. The fourth-order valence-corrected chi connectivity index (χ4v) is 3.38. The van der Waals surface area contributed by atoms with Crippen molar-refractivity contribution in [3.63, 3.8) is 0 Å². The van der Waals surface area contributed by atoms with Gasteiger partial charge in [0, 0.05) is 6.42 Å². The lowest BCUT2D eigenvalue weighted by molar-refractivity contribution is -0.126. The summed E-state index contributed by atoms with van der Waals surface area (Å²) in [5, 5.41) is 9.86. The summed E-state index contributed by atoms with van der Waals surface area (Å²) < 4.78 is 1.70. The van der Waals surface area contributed by atoms with E-state index >= 15 is 0 Å². The minimum absolute atomic E-state index is 0.0421. The van der Waals surface area contributed by atoms with Gasteiger partial charge in [-0.2, -0.15) is 5.10 Å². The number of hydrogen-bond acceptors (Lipinski definition) is 3. The third kappa shape index (κ3) is 4.94. The minimum atomic E-state index is -0.578. The summed E-state index contributed by atoms with van der Waals surface area (Å²) in [4.78, 5) is 24.5. The van der Waals surface area contributed by atoms with Gasteiger partial charge in [0.25, 0.3) is 0 Å². The van der Waals surface area contributed by atoms with E-state index in [1.54, 1.807) is 24.0 Å². The quantitative estimate of drug-likeness (QED) is 0.836. The van der Waals surface area contributed by atoms with Gasteiger partial charge in [-0.15, -0.1) is 0 Å². The summed E-state index contributed by atoms with van der Waals surface area (Å²) >= 11 is 0. The van der Waals surface area contributed by atoms with Crippen LogP contribution in [0.25, 0.3) is 5.69 Å². The van der Waals surface area contributed by atoms with Crippen LogP contribution in [0.15, 0.2) is 42.7 Å². The molecule has 0 spiro atoms. The Morgan fingerprint density at radius 3 is 2.65 bits per heavy atom. The Balaban J connectivity index is 1.49. The van der Waals surface area contributed by atoms with E-state index in [2.05, 4.69) is 15.7 Å². The molecule has 1 atom stereocenters. The second-order valence-corrected chi connectivity index (χ2v) is 7.00. The van der Waals surface area contributed by atoms with Gasteiger partial charge in [0.2, 0.25) is 11.8 Å². The number of nitrogens with one attached hydrogen (secondary N) is 2. The lowest BCUT2D eigenvalue weighted by atomic mass is 9.87. The second kappa shape index (κ2) is 8.65. The molecule has 1 aliphatic rings. The molecule has 6 nitrogen and oxygen atoms in total. The molecule has 1 aromatic heterocycles. The Kier molecular flexibility index (Phi) is 6.04. The van der Waals surface area contributed by atoms with Gasteiger partial charge in [-0.1, -0.05) is 37.5 Å². The highest BCUT2D eigenvalue weighted by atomic mass is 16.2. The molecule has 2 N–H and O–H groups in total. The lowest BCUT2D eigenvalue weighted by Crippen LogP contribution is -2.42. The molecule has 1 saturated carbocycles. The molecule has 3 rings (SSSR count). The number of carbonyl (C=O) groups is 2. The van der Waals surface area contributed by atoms with Crippen LogP contribution in [0.3, 0.4) is 0 Å². The van der Waals surface area contributed by atoms with Crippen molar-refractivity contribution >= 4 is 17.5 Å². The first-order valence-corrected chi connectivity index (χ1v) is 9.32. The van der Waals surface area contributed by atoms with E-state index in [1.165, 1.54) is 19.3 Å². The van der Waals surface area contributed by atoms with E-state index < -0.39 is 6.04 Å². The number of amides is 2. The van der Waals surface area contributed by atoms with Gasteiger partial charge < -0.3 is 10.6 Å². The number of rotatable bonds is 6. The molecular formula is C20H26N4O2. The molecular weight excluding hydrogens is 328 g/mol. The summed E-state index contributed by atoms with van der Waals surface area (Å²) in [6, 6.07) is 9.09. The van der Waals surface area contributed by atoms with Gasteiger partial charge in [0.1, 0.15) is 6.04 Å². The SMILES string of the molecule is CC(NC(=O)CC1CCCCC1)C(=O)Nc1cnn(-c2ccccc2)c1. The highest BCUT2D eigenvalue weighted by Crippen LogP contribution is 2.26. The van der Waals surface area contributed by atoms with Crippen molar-refractivity contribution in [1.82, 2.24) is 15.1 Å². The summed E-state index contributed by atoms with van der Waals surface area (Å²) in [5.74, 6) is 0.178. The summed E-state index contributed by atoms with van der Waals surface area (Å²) in [7, 11) is 0. The zero-order valence-electron chi connectivity index (χ0n) is 15.1. The number of para-hydroxylation sites is 1. The molecule has 1 fully saturated rings. The predicted molar refractivity (Wildman–Crippen MR) is 101 cm³/mol. The fourth-order valence-electron chi connectivity index (χ4n) is 3.38. The molecule has 138 valence electrons. The van der Waals surface area contributed by atoms with Gasteiger partial charge in [-0.3, -0.25) is 9.59 Å². The van der Waals surface area contributed by atoms with Crippen LogP contribution in [-0.4, -0.2) is 27.6 Å². The van der Waals surface area contributed by atoms with Crippen LogP contribution in [0, 0.1) is 5.92 Å². The van der Waals surface area contributed by atoms with Crippen molar-refractivity contribution in [2.24, 2.45) is 5.92 Å². The van der Waals surface area contributed by atoms with Crippen LogP contribution in [-0.2, 0) is 9.59 Å². The van der Waals surface area contributed by atoms with Crippen molar-refractivity contribution in [3.8, 4) is 5.69 Å². The maximum absolute atomic E-state index is 12.3. The van der Waals surface area contributed by atoms with Crippen LogP contribution >= 0.6 is 0 Å². The zero-order chi connectivity index (χ0) is 18.4. The Morgan fingerprint density at radius 2 is 1.92 bits per heavy atom. The van der Waals surface area contributed by atoms with Gasteiger partial charge in [-0.25, -0.2) is 4.68 Å².